The van der Waals surface area contributed by atoms with E-state index in [9.17, 15) is 14.4 Å². The smallest absolute Gasteiger partial charge is 0.265 e. The number of nitrogens with one attached hydrogen (secondary N) is 1. The number of hydrogen-bond acceptors (Lipinski definition) is 4. The minimum Gasteiger partial charge on any atom is -0.482 e. The number of rotatable bonds is 4. The third-order valence-corrected chi connectivity index (χ3v) is 4.56. The lowest BCUT2D eigenvalue weighted by Crippen LogP contribution is -2.47. The predicted octanol–water partition coefficient (Wildman–Crippen LogP) is 0.913. The Morgan fingerprint density at radius 1 is 1.25 bits per heavy atom. The molecule has 1 saturated heterocycles. The van der Waals surface area contributed by atoms with Gasteiger partial charge >= 0.3 is 0 Å². The first kappa shape index (κ1) is 16.8. The summed E-state index contributed by atoms with van der Waals surface area (Å²) in [6, 6.07) is 5.26. The molecule has 2 heterocycles. The van der Waals surface area contributed by atoms with E-state index in [1.165, 1.54) is 4.90 Å². The van der Waals surface area contributed by atoms with Gasteiger partial charge in [0.25, 0.3) is 5.91 Å². The molecule has 3 amide bonds. The topological polar surface area (TPSA) is 79.0 Å². The number of likely N-dealkylation sites (tertiary alicyclic amines) is 1. The second kappa shape index (κ2) is 7.21. The maximum absolute atomic E-state index is 12.1. The Morgan fingerprint density at radius 2 is 2.00 bits per heavy atom. The van der Waals surface area contributed by atoms with Crippen LogP contribution in [0.3, 0.4) is 0 Å². The van der Waals surface area contributed by atoms with Crippen LogP contribution in [0.4, 0.5) is 5.69 Å². The first-order valence-electron chi connectivity index (χ1n) is 7.82. The Morgan fingerprint density at radius 3 is 2.75 bits per heavy atom. The second-order valence-electron chi connectivity index (χ2n) is 5.75. The van der Waals surface area contributed by atoms with E-state index in [4.69, 9.17) is 4.74 Å². The van der Waals surface area contributed by atoms with Gasteiger partial charge < -0.3 is 15.0 Å². The average molecular weight is 396 g/mol. The molecule has 1 aromatic rings. The molecule has 8 heteroatoms. The fraction of sp³-hybridized carbons (Fsp3) is 0.438. The zero-order valence-electron chi connectivity index (χ0n) is 13.1. The molecule has 1 fully saturated rings. The maximum Gasteiger partial charge on any atom is 0.265 e. The van der Waals surface area contributed by atoms with Crippen LogP contribution in [0, 0.1) is 0 Å². The quantitative estimate of drug-likeness (QED) is 0.821. The van der Waals surface area contributed by atoms with Crippen LogP contribution in [0.5, 0.6) is 5.75 Å². The summed E-state index contributed by atoms with van der Waals surface area (Å²) in [5, 5.41) is 2.60. The first-order valence-corrected chi connectivity index (χ1v) is 8.61. The van der Waals surface area contributed by atoms with E-state index in [1.807, 2.05) is 0 Å². The molecule has 3 rings (SSSR count). The summed E-state index contributed by atoms with van der Waals surface area (Å²) in [6.07, 6.45) is 2.02. The van der Waals surface area contributed by atoms with Gasteiger partial charge in [0.2, 0.25) is 11.8 Å². The monoisotopic (exact) mass is 395 g/mol. The van der Waals surface area contributed by atoms with Crippen molar-refractivity contribution in [2.24, 2.45) is 0 Å². The SMILES string of the molecule is O=C(CN1C(=O)COc2cc(Br)ccc21)NCC(=O)N1CCCC1. The number of hydrogen-bond donors (Lipinski definition) is 1. The van der Waals surface area contributed by atoms with Crippen molar-refractivity contribution in [2.45, 2.75) is 12.8 Å². The van der Waals surface area contributed by atoms with E-state index in [-0.39, 0.29) is 37.4 Å². The number of carbonyl (C=O) groups is 3. The van der Waals surface area contributed by atoms with E-state index in [0.717, 1.165) is 30.4 Å². The number of carbonyl (C=O) groups excluding carboxylic acids is 3. The molecule has 0 atom stereocenters. The lowest BCUT2D eigenvalue weighted by atomic mass is 10.2. The maximum atomic E-state index is 12.1. The average Bonchev–Trinajstić information content (AvgIpc) is 3.10. The molecule has 0 unspecified atom stereocenters. The highest BCUT2D eigenvalue weighted by molar-refractivity contribution is 9.10. The lowest BCUT2D eigenvalue weighted by molar-refractivity contribution is -0.131. The van der Waals surface area contributed by atoms with Crippen molar-refractivity contribution in [2.75, 3.05) is 37.7 Å². The molecule has 1 N–H and O–H groups in total. The molecule has 0 saturated carbocycles. The lowest BCUT2D eigenvalue weighted by Gasteiger charge is -2.29. The first-order chi connectivity index (χ1) is 11.5. The molecule has 2 aliphatic rings. The molecule has 0 aliphatic carbocycles. The molecule has 0 aromatic heterocycles. The Hall–Kier alpha value is -2.09. The zero-order valence-corrected chi connectivity index (χ0v) is 14.7. The van der Waals surface area contributed by atoms with Gasteiger partial charge in [0.15, 0.2) is 6.61 Å². The fourth-order valence-electron chi connectivity index (χ4n) is 2.80. The zero-order chi connectivity index (χ0) is 17.1. The third kappa shape index (κ3) is 3.69. The summed E-state index contributed by atoms with van der Waals surface area (Å²) in [4.78, 5) is 39.3. The van der Waals surface area contributed by atoms with Crippen LogP contribution in [0.15, 0.2) is 22.7 Å². The second-order valence-corrected chi connectivity index (χ2v) is 6.66. The molecule has 0 bridgehead atoms. The number of ether oxygens (including phenoxy) is 1. The Kier molecular flexibility index (Phi) is 5.03. The van der Waals surface area contributed by atoms with Crippen molar-refractivity contribution >= 4 is 39.3 Å². The summed E-state index contributed by atoms with van der Waals surface area (Å²) < 4.78 is 6.21. The summed E-state index contributed by atoms with van der Waals surface area (Å²) in [6.45, 7) is 1.22. The largest absolute Gasteiger partial charge is 0.482 e. The number of amides is 3. The van der Waals surface area contributed by atoms with Crippen molar-refractivity contribution in [3.63, 3.8) is 0 Å². The van der Waals surface area contributed by atoms with Crippen LogP contribution in [-0.2, 0) is 14.4 Å². The number of anilines is 1. The van der Waals surface area contributed by atoms with Gasteiger partial charge in [-0.3, -0.25) is 19.3 Å². The van der Waals surface area contributed by atoms with Crippen molar-refractivity contribution in [1.82, 2.24) is 10.2 Å². The summed E-state index contributed by atoms with van der Waals surface area (Å²) in [7, 11) is 0. The number of fused-ring (bicyclic) bond motifs is 1. The molecule has 1 aromatic carbocycles. The molecule has 7 nitrogen and oxygen atoms in total. The normalized spacial score (nSPS) is 16.6. The Labute approximate surface area is 148 Å². The fourth-order valence-corrected chi connectivity index (χ4v) is 3.14. The third-order valence-electron chi connectivity index (χ3n) is 4.06. The van der Waals surface area contributed by atoms with Gasteiger partial charge in [-0.05, 0) is 31.0 Å². The van der Waals surface area contributed by atoms with E-state index in [2.05, 4.69) is 21.2 Å². The number of benzene rings is 1. The van der Waals surface area contributed by atoms with Crippen molar-refractivity contribution in [3.05, 3.63) is 22.7 Å². The number of nitrogens with zero attached hydrogens (tertiary/aromatic N) is 2. The molecular formula is C16H18BrN3O4. The predicted molar refractivity (Wildman–Crippen MR) is 90.8 cm³/mol. The van der Waals surface area contributed by atoms with Gasteiger partial charge in [-0.15, -0.1) is 0 Å². The van der Waals surface area contributed by atoms with E-state index < -0.39 is 0 Å². The summed E-state index contributed by atoms with van der Waals surface area (Å²) in [5.74, 6) is -0.194. The highest BCUT2D eigenvalue weighted by atomic mass is 79.9. The van der Waals surface area contributed by atoms with Gasteiger partial charge in [-0.25, -0.2) is 0 Å². The minimum absolute atomic E-state index is 0.0371. The van der Waals surface area contributed by atoms with Crippen LogP contribution in [0.25, 0.3) is 0 Å². The van der Waals surface area contributed by atoms with Crippen LogP contribution >= 0.6 is 15.9 Å². The van der Waals surface area contributed by atoms with Gasteiger partial charge in [0, 0.05) is 17.6 Å². The highest BCUT2D eigenvalue weighted by Crippen LogP contribution is 2.34. The van der Waals surface area contributed by atoms with Crippen molar-refractivity contribution in [3.8, 4) is 5.75 Å². The van der Waals surface area contributed by atoms with Crippen LogP contribution in [0.2, 0.25) is 0 Å². The van der Waals surface area contributed by atoms with Crippen LogP contribution in [-0.4, -0.2) is 55.4 Å². The summed E-state index contributed by atoms with van der Waals surface area (Å²) in [5.41, 5.74) is 0.551. The molecule has 0 spiro atoms. The van der Waals surface area contributed by atoms with Crippen LogP contribution in [0.1, 0.15) is 12.8 Å². The number of halogens is 1. The van der Waals surface area contributed by atoms with E-state index >= 15 is 0 Å². The molecule has 0 radical (unpaired) electrons. The van der Waals surface area contributed by atoms with Gasteiger partial charge in [0.1, 0.15) is 12.3 Å². The van der Waals surface area contributed by atoms with E-state index in [0.29, 0.717) is 11.4 Å². The molecule has 128 valence electrons. The van der Waals surface area contributed by atoms with Gasteiger partial charge in [-0.1, -0.05) is 15.9 Å². The molecule has 2 aliphatic heterocycles. The molecule has 24 heavy (non-hydrogen) atoms. The van der Waals surface area contributed by atoms with Crippen LogP contribution < -0.4 is 15.0 Å². The van der Waals surface area contributed by atoms with Crippen molar-refractivity contribution in [1.29, 1.82) is 0 Å². The van der Waals surface area contributed by atoms with Crippen molar-refractivity contribution < 1.29 is 19.1 Å². The standard InChI is InChI=1S/C16H18BrN3O4/c17-11-3-4-12-13(7-11)24-10-16(23)20(12)9-14(21)18-8-15(22)19-5-1-2-6-19/h3-4,7H,1-2,5-6,8-10H2,(H,18,21). The molecular weight excluding hydrogens is 378 g/mol. The van der Waals surface area contributed by atoms with Gasteiger partial charge in [0.05, 0.1) is 12.2 Å². The Balaban J connectivity index is 1.59. The Bertz CT molecular complexity index is 673. The minimum atomic E-state index is -0.369. The van der Waals surface area contributed by atoms with Gasteiger partial charge in [-0.2, -0.15) is 0 Å². The highest BCUT2D eigenvalue weighted by Gasteiger charge is 2.27. The van der Waals surface area contributed by atoms with E-state index in [1.54, 1.807) is 23.1 Å². The summed E-state index contributed by atoms with van der Waals surface area (Å²) >= 11 is 3.34.